The molecule has 0 aliphatic rings. The second-order valence-electron chi connectivity index (χ2n) is 2.69. The monoisotopic (exact) mass is 195 g/mol. The SMILES string of the molecule is N[C@@](O)(C=O)C(O)C(O)C(O)CO. The van der Waals surface area contributed by atoms with Crippen LogP contribution in [0.15, 0.2) is 0 Å². The van der Waals surface area contributed by atoms with Crippen molar-refractivity contribution in [3.63, 3.8) is 0 Å². The molecule has 0 fully saturated rings. The molecule has 0 aliphatic carbocycles. The highest BCUT2D eigenvalue weighted by atomic mass is 16.4. The molecular formula is C6H13NO6. The maximum absolute atomic E-state index is 10.1. The molecule has 0 rings (SSSR count). The zero-order chi connectivity index (χ0) is 10.6. The average Bonchev–Trinajstić information content (AvgIpc) is 2.14. The molecule has 0 saturated heterocycles. The van der Waals surface area contributed by atoms with Crippen molar-refractivity contribution >= 4 is 6.29 Å². The van der Waals surface area contributed by atoms with Crippen molar-refractivity contribution in [3.8, 4) is 0 Å². The van der Waals surface area contributed by atoms with Crippen molar-refractivity contribution in [1.82, 2.24) is 0 Å². The van der Waals surface area contributed by atoms with E-state index in [1.54, 1.807) is 0 Å². The summed E-state index contributed by atoms with van der Waals surface area (Å²) in [6.45, 7) is -0.826. The van der Waals surface area contributed by atoms with Gasteiger partial charge in [-0.15, -0.1) is 0 Å². The molecule has 0 spiro atoms. The van der Waals surface area contributed by atoms with E-state index in [4.69, 9.17) is 31.3 Å². The lowest BCUT2D eigenvalue weighted by Crippen LogP contribution is -2.60. The van der Waals surface area contributed by atoms with Crippen molar-refractivity contribution in [2.75, 3.05) is 6.61 Å². The molecule has 7 N–H and O–H groups in total. The summed E-state index contributed by atoms with van der Waals surface area (Å²) in [5.41, 5.74) is 2.19. The van der Waals surface area contributed by atoms with Crippen molar-refractivity contribution in [3.05, 3.63) is 0 Å². The van der Waals surface area contributed by atoms with Gasteiger partial charge >= 0.3 is 0 Å². The van der Waals surface area contributed by atoms with Gasteiger partial charge in [-0.25, -0.2) is 0 Å². The summed E-state index contributed by atoms with van der Waals surface area (Å²) in [4.78, 5) is 10.1. The van der Waals surface area contributed by atoms with Crippen molar-refractivity contribution < 1.29 is 30.3 Å². The number of aliphatic hydroxyl groups excluding tert-OH is 4. The van der Waals surface area contributed by atoms with E-state index in [1.807, 2.05) is 0 Å². The maximum Gasteiger partial charge on any atom is 0.199 e. The summed E-state index contributed by atoms with van der Waals surface area (Å²) >= 11 is 0. The molecule has 0 aromatic carbocycles. The van der Waals surface area contributed by atoms with Crippen LogP contribution in [-0.2, 0) is 4.79 Å². The minimum atomic E-state index is -2.64. The van der Waals surface area contributed by atoms with E-state index in [-0.39, 0.29) is 6.29 Å². The number of hydrogen-bond acceptors (Lipinski definition) is 7. The lowest BCUT2D eigenvalue weighted by atomic mass is 10.00. The Bertz CT molecular complexity index is 173. The Morgan fingerprint density at radius 2 is 1.85 bits per heavy atom. The first kappa shape index (κ1) is 12.4. The molecule has 4 atom stereocenters. The predicted octanol–water partition coefficient (Wildman–Crippen LogP) is -4.09. The number of aliphatic hydroxyl groups is 5. The topological polar surface area (TPSA) is 144 Å². The molecular weight excluding hydrogens is 182 g/mol. The Hall–Kier alpha value is -0.570. The highest BCUT2D eigenvalue weighted by Gasteiger charge is 2.39. The lowest BCUT2D eigenvalue weighted by Gasteiger charge is -2.28. The molecule has 0 aromatic rings. The van der Waals surface area contributed by atoms with Gasteiger partial charge in [0.25, 0.3) is 0 Å². The van der Waals surface area contributed by atoms with Crippen molar-refractivity contribution in [2.45, 2.75) is 24.0 Å². The van der Waals surface area contributed by atoms with Crippen LogP contribution in [0.5, 0.6) is 0 Å². The minimum Gasteiger partial charge on any atom is -0.394 e. The van der Waals surface area contributed by atoms with E-state index in [9.17, 15) is 4.79 Å². The molecule has 3 unspecified atom stereocenters. The van der Waals surface area contributed by atoms with Gasteiger partial charge < -0.3 is 25.5 Å². The van der Waals surface area contributed by atoms with Crippen LogP contribution in [0.3, 0.4) is 0 Å². The smallest absolute Gasteiger partial charge is 0.199 e. The second-order valence-corrected chi connectivity index (χ2v) is 2.69. The molecule has 78 valence electrons. The molecule has 0 saturated carbocycles. The number of aldehydes is 1. The zero-order valence-electron chi connectivity index (χ0n) is 6.74. The largest absolute Gasteiger partial charge is 0.394 e. The number of nitrogens with two attached hydrogens (primary N) is 1. The molecule has 0 heterocycles. The van der Waals surface area contributed by atoms with Crippen LogP contribution in [0.25, 0.3) is 0 Å². The second kappa shape index (κ2) is 4.61. The van der Waals surface area contributed by atoms with E-state index in [2.05, 4.69) is 0 Å². The number of hydrogen-bond donors (Lipinski definition) is 6. The quantitative estimate of drug-likeness (QED) is 0.193. The first-order valence-corrected chi connectivity index (χ1v) is 3.49. The molecule has 13 heavy (non-hydrogen) atoms. The van der Waals surface area contributed by atoms with Crippen LogP contribution in [0.1, 0.15) is 0 Å². The maximum atomic E-state index is 10.1. The van der Waals surface area contributed by atoms with Crippen LogP contribution in [-0.4, -0.2) is 62.5 Å². The summed E-state index contributed by atoms with van der Waals surface area (Å²) in [6.07, 6.45) is -5.81. The van der Waals surface area contributed by atoms with Gasteiger partial charge in [0.05, 0.1) is 6.61 Å². The number of carbonyl (C=O) groups excluding carboxylic acids is 1. The van der Waals surface area contributed by atoms with E-state index in [1.165, 1.54) is 0 Å². The van der Waals surface area contributed by atoms with Crippen LogP contribution in [0, 0.1) is 0 Å². The van der Waals surface area contributed by atoms with E-state index < -0.39 is 30.6 Å². The minimum absolute atomic E-state index is 0.176. The predicted molar refractivity (Wildman–Crippen MR) is 40.3 cm³/mol. The third-order valence-electron chi connectivity index (χ3n) is 1.57. The van der Waals surface area contributed by atoms with E-state index in [0.29, 0.717) is 0 Å². The number of rotatable bonds is 5. The fourth-order valence-corrected chi connectivity index (χ4v) is 0.662. The highest BCUT2D eigenvalue weighted by Crippen LogP contribution is 2.08. The lowest BCUT2D eigenvalue weighted by molar-refractivity contribution is -0.163. The van der Waals surface area contributed by atoms with Gasteiger partial charge in [-0.05, 0) is 0 Å². The third kappa shape index (κ3) is 2.99. The summed E-state index contributed by atoms with van der Waals surface area (Å²) in [7, 11) is 0. The molecule has 0 radical (unpaired) electrons. The molecule has 7 nitrogen and oxygen atoms in total. The summed E-state index contributed by atoms with van der Waals surface area (Å²) in [5.74, 6) is 0. The summed E-state index contributed by atoms with van der Waals surface area (Å²) < 4.78 is 0. The van der Waals surface area contributed by atoms with Crippen molar-refractivity contribution in [1.29, 1.82) is 0 Å². The molecule has 0 aliphatic heterocycles. The van der Waals surface area contributed by atoms with Crippen LogP contribution in [0.2, 0.25) is 0 Å². The van der Waals surface area contributed by atoms with E-state index in [0.717, 1.165) is 0 Å². The van der Waals surface area contributed by atoms with Gasteiger partial charge in [0, 0.05) is 0 Å². The third-order valence-corrected chi connectivity index (χ3v) is 1.57. The number of carbonyl (C=O) groups is 1. The first-order valence-electron chi connectivity index (χ1n) is 3.49. The summed E-state index contributed by atoms with van der Waals surface area (Å²) in [6, 6.07) is 0. The van der Waals surface area contributed by atoms with Crippen LogP contribution < -0.4 is 5.73 Å². The summed E-state index contributed by atoms with van der Waals surface area (Å²) in [5, 5.41) is 44.1. The molecule has 7 heteroatoms. The van der Waals surface area contributed by atoms with Gasteiger partial charge in [-0.2, -0.15) is 0 Å². The Morgan fingerprint density at radius 1 is 1.38 bits per heavy atom. The zero-order valence-corrected chi connectivity index (χ0v) is 6.74. The van der Waals surface area contributed by atoms with Gasteiger partial charge in [-0.1, -0.05) is 0 Å². The fraction of sp³-hybridized carbons (Fsp3) is 0.833. The van der Waals surface area contributed by atoms with Crippen molar-refractivity contribution in [2.24, 2.45) is 5.73 Å². The van der Waals surface area contributed by atoms with Crippen LogP contribution >= 0.6 is 0 Å². The van der Waals surface area contributed by atoms with Crippen LogP contribution in [0.4, 0.5) is 0 Å². The molecule has 0 aromatic heterocycles. The van der Waals surface area contributed by atoms with Gasteiger partial charge in [0.2, 0.25) is 0 Å². The first-order chi connectivity index (χ1) is 5.86. The highest BCUT2D eigenvalue weighted by molar-refractivity contribution is 5.62. The van der Waals surface area contributed by atoms with E-state index >= 15 is 0 Å². The van der Waals surface area contributed by atoms with Gasteiger partial charge in [0.1, 0.15) is 18.3 Å². The molecule has 0 bridgehead atoms. The van der Waals surface area contributed by atoms with Gasteiger partial charge in [-0.3, -0.25) is 10.5 Å². The normalized spacial score (nSPS) is 22.9. The Morgan fingerprint density at radius 3 is 2.15 bits per heavy atom. The standard InChI is InChI=1S/C6H13NO6/c7-6(13,2-9)5(12)4(11)3(10)1-8/h2-5,8,10-13H,1,7H2/t3?,4?,5?,6-/m1/s1. The Kier molecular flexibility index (Phi) is 4.40. The average molecular weight is 195 g/mol. The fourth-order valence-electron chi connectivity index (χ4n) is 0.662. The Balaban J connectivity index is 4.40. The molecule has 0 amide bonds. The Labute approximate surface area is 74.0 Å². The van der Waals surface area contributed by atoms with Gasteiger partial charge in [0.15, 0.2) is 12.0 Å².